The topological polar surface area (TPSA) is 112 Å². The van der Waals surface area contributed by atoms with Crippen molar-refractivity contribution in [1.29, 1.82) is 0 Å². The van der Waals surface area contributed by atoms with E-state index < -0.39 is 15.9 Å². The third-order valence-electron chi connectivity index (χ3n) is 2.73. The van der Waals surface area contributed by atoms with Crippen molar-refractivity contribution >= 4 is 44.8 Å². The van der Waals surface area contributed by atoms with Gasteiger partial charge in [-0.05, 0) is 48.0 Å². The average Bonchev–Trinajstić information content (AvgIpc) is 2.47. The van der Waals surface area contributed by atoms with Crippen LogP contribution in [0.3, 0.4) is 0 Å². The molecule has 0 unspecified atom stereocenters. The molecule has 1 N–H and O–H groups in total. The molecule has 0 aromatic heterocycles. The van der Waals surface area contributed by atoms with Crippen LogP contribution in [0.5, 0.6) is 0 Å². The SMILES string of the molecule is [N-]=[N+]=NS(=O)(=O)c1ccc(NC(=O)c2ccc(Cl)cc2Cl)cc1. The van der Waals surface area contributed by atoms with Crippen LogP contribution in [0.2, 0.25) is 10.0 Å². The highest BCUT2D eigenvalue weighted by Gasteiger charge is 2.13. The zero-order valence-electron chi connectivity index (χ0n) is 11.3. The second kappa shape index (κ2) is 6.89. The van der Waals surface area contributed by atoms with E-state index in [1.54, 1.807) is 0 Å². The Kier molecular flexibility index (Phi) is 5.12. The van der Waals surface area contributed by atoms with Crippen LogP contribution in [0.1, 0.15) is 10.4 Å². The number of carbonyl (C=O) groups is 1. The fourth-order valence-corrected chi connectivity index (χ4v) is 2.84. The Labute approximate surface area is 141 Å². The summed E-state index contributed by atoms with van der Waals surface area (Å²) in [7, 11) is -4.06. The van der Waals surface area contributed by atoms with Crippen LogP contribution >= 0.6 is 23.2 Å². The number of benzene rings is 2. The smallest absolute Gasteiger partial charge is 0.264 e. The van der Waals surface area contributed by atoms with Gasteiger partial charge < -0.3 is 5.32 Å². The third-order valence-corrected chi connectivity index (χ3v) is 4.43. The molecule has 0 saturated heterocycles. The normalized spacial score (nSPS) is 10.7. The quantitative estimate of drug-likeness (QED) is 0.493. The highest BCUT2D eigenvalue weighted by Crippen LogP contribution is 2.22. The number of nitrogens with one attached hydrogen (secondary N) is 1. The Morgan fingerprint density at radius 1 is 1.13 bits per heavy atom. The lowest BCUT2D eigenvalue weighted by Crippen LogP contribution is -2.12. The molecule has 23 heavy (non-hydrogen) atoms. The van der Waals surface area contributed by atoms with Crippen LogP contribution in [0.15, 0.2) is 51.9 Å². The van der Waals surface area contributed by atoms with Crippen molar-refractivity contribution in [2.24, 2.45) is 4.52 Å². The summed E-state index contributed by atoms with van der Waals surface area (Å²) in [6, 6.07) is 9.58. The van der Waals surface area contributed by atoms with Gasteiger partial charge in [0.25, 0.3) is 15.9 Å². The summed E-state index contributed by atoms with van der Waals surface area (Å²) in [5, 5.41) is 3.16. The number of azide groups is 1. The number of amides is 1. The zero-order valence-corrected chi connectivity index (χ0v) is 13.6. The Balaban J connectivity index is 2.21. The summed E-state index contributed by atoms with van der Waals surface area (Å²) in [5.74, 6) is -0.475. The predicted molar refractivity (Wildman–Crippen MR) is 87.2 cm³/mol. The van der Waals surface area contributed by atoms with Crippen molar-refractivity contribution in [3.8, 4) is 0 Å². The van der Waals surface area contributed by atoms with E-state index in [0.29, 0.717) is 10.7 Å². The van der Waals surface area contributed by atoms with E-state index in [1.807, 2.05) is 0 Å². The molecule has 0 aliphatic carbocycles. The lowest BCUT2D eigenvalue weighted by atomic mass is 10.2. The van der Waals surface area contributed by atoms with E-state index in [0.717, 1.165) is 0 Å². The minimum atomic E-state index is -4.06. The van der Waals surface area contributed by atoms with Gasteiger partial charge in [0.05, 0.1) is 15.5 Å². The maximum absolute atomic E-state index is 12.1. The molecule has 118 valence electrons. The van der Waals surface area contributed by atoms with Crippen LogP contribution in [0, 0.1) is 0 Å². The summed E-state index contributed by atoms with van der Waals surface area (Å²) < 4.78 is 25.8. The maximum atomic E-state index is 12.1. The summed E-state index contributed by atoms with van der Waals surface area (Å²) in [6.45, 7) is 0. The van der Waals surface area contributed by atoms with E-state index >= 15 is 0 Å². The first-order valence-corrected chi connectivity index (χ1v) is 8.21. The molecule has 0 bridgehead atoms. The molecular formula is C13H8Cl2N4O3S. The molecule has 2 aromatic carbocycles. The van der Waals surface area contributed by atoms with E-state index in [1.165, 1.54) is 42.5 Å². The number of nitrogens with zero attached hydrogens (tertiary/aromatic N) is 3. The van der Waals surface area contributed by atoms with Gasteiger partial charge >= 0.3 is 0 Å². The molecule has 7 nitrogen and oxygen atoms in total. The van der Waals surface area contributed by atoms with Crippen molar-refractivity contribution in [2.75, 3.05) is 5.32 Å². The number of halogens is 2. The fraction of sp³-hybridized carbons (Fsp3) is 0. The van der Waals surface area contributed by atoms with Gasteiger partial charge in [0.1, 0.15) is 0 Å². The van der Waals surface area contributed by atoms with E-state index in [4.69, 9.17) is 28.7 Å². The van der Waals surface area contributed by atoms with Crippen molar-refractivity contribution in [2.45, 2.75) is 4.90 Å². The van der Waals surface area contributed by atoms with Gasteiger partial charge in [-0.2, -0.15) is 0 Å². The number of hydrogen-bond acceptors (Lipinski definition) is 3. The first kappa shape index (κ1) is 17.1. The monoisotopic (exact) mass is 370 g/mol. The first-order chi connectivity index (χ1) is 10.8. The van der Waals surface area contributed by atoms with Crippen molar-refractivity contribution in [3.05, 3.63) is 68.5 Å². The molecule has 0 heterocycles. The lowest BCUT2D eigenvalue weighted by Gasteiger charge is -2.07. The van der Waals surface area contributed by atoms with E-state index in [-0.39, 0.29) is 15.5 Å². The molecule has 2 rings (SSSR count). The van der Waals surface area contributed by atoms with Gasteiger partial charge in [0.2, 0.25) is 0 Å². The fourth-order valence-electron chi connectivity index (χ4n) is 1.68. The van der Waals surface area contributed by atoms with Crippen LogP contribution in [-0.2, 0) is 10.0 Å². The molecular weight excluding hydrogens is 363 g/mol. The predicted octanol–water partition coefficient (Wildman–Crippen LogP) is 4.24. The van der Waals surface area contributed by atoms with Crippen LogP contribution in [0.4, 0.5) is 5.69 Å². The van der Waals surface area contributed by atoms with Crippen LogP contribution < -0.4 is 5.32 Å². The van der Waals surface area contributed by atoms with Crippen molar-refractivity contribution in [1.82, 2.24) is 0 Å². The number of hydrogen-bond donors (Lipinski definition) is 1. The minimum absolute atomic E-state index is 0.183. The lowest BCUT2D eigenvalue weighted by molar-refractivity contribution is 0.102. The van der Waals surface area contributed by atoms with Crippen LogP contribution in [-0.4, -0.2) is 14.3 Å². The second-order valence-electron chi connectivity index (χ2n) is 4.25. The Morgan fingerprint density at radius 2 is 1.78 bits per heavy atom. The molecule has 0 aliphatic rings. The molecule has 10 heteroatoms. The first-order valence-electron chi connectivity index (χ1n) is 6.01. The summed E-state index contributed by atoms with van der Waals surface area (Å²) >= 11 is 11.7. The highest BCUT2D eigenvalue weighted by molar-refractivity contribution is 7.90. The number of sulfonamides is 1. The molecule has 0 aliphatic heterocycles. The average molecular weight is 371 g/mol. The summed E-state index contributed by atoms with van der Waals surface area (Å²) in [5.41, 5.74) is 8.78. The third kappa shape index (κ3) is 4.14. The standard InChI is InChI=1S/C13H8Cl2N4O3S/c14-8-1-6-11(12(15)7-8)13(20)17-9-2-4-10(5-3-9)23(21,22)19-18-16/h1-7H,(H,17,20). The van der Waals surface area contributed by atoms with Gasteiger partial charge in [-0.25, -0.2) is 8.42 Å². The van der Waals surface area contributed by atoms with Gasteiger partial charge in [0.15, 0.2) is 0 Å². The van der Waals surface area contributed by atoms with E-state index in [9.17, 15) is 13.2 Å². The van der Waals surface area contributed by atoms with Crippen LogP contribution in [0.25, 0.3) is 10.4 Å². The minimum Gasteiger partial charge on any atom is -0.322 e. The Bertz CT molecular complexity index is 907. The second-order valence-corrected chi connectivity index (χ2v) is 6.68. The molecule has 1 amide bonds. The van der Waals surface area contributed by atoms with Gasteiger partial charge in [-0.1, -0.05) is 23.2 Å². The molecule has 0 saturated carbocycles. The highest BCUT2D eigenvalue weighted by atomic mass is 35.5. The van der Waals surface area contributed by atoms with Gasteiger partial charge in [0, 0.05) is 20.1 Å². The zero-order chi connectivity index (χ0) is 17.0. The van der Waals surface area contributed by atoms with Gasteiger partial charge in [-0.15, -0.1) is 0 Å². The van der Waals surface area contributed by atoms with Gasteiger partial charge in [-0.3, -0.25) is 4.79 Å². The Morgan fingerprint density at radius 3 is 2.35 bits per heavy atom. The summed E-state index contributed by atoms with van der Waals surface area (Å²) in [6.07, 6.45) is 0. The largest absolute Gasteiger partial charge is 0.322 e. The molecule has 0 radical (unpaired) electrons. The maximum Gasteiger partial charge on any atom is 0.264 e. The van der Waals surface area contributed by atoms with E-state index in [2.05, 4.69) is 14.7 Å². The molecule has 0 fully saturated rings. The number of anilines is 1. The van der Waals surface area contributed by atoms with Crippen molar-refractivity contribution in [3.63, 3.8) is 0 Å². The number of carbonyl (C=O) groups excluding carboxylic acids is 1. The molecule has 2 aromatic rings. The number of rotatable bonds is 4. The molecule has 0 atom stereocenters. The molecule has 0 spiro atoms. The summed E-state index contributed by atoms with van der Waals surface area (Å²) in [4.78, 5) is 14.2. The Hall–Kier alpha value is -2.25. The van der Waals surface area contributed by atoms with Crippen molar-refractivity contribution < 1.29 is 13.2 Å².